The van der Waals surface area contributed by atoms with Gasteiger partial charge in [-0.2, -0.15) is 0 Å². The van der Waals surface area contributed by atoms with Crippen molar-refractivity contribution >= 4 is 17.5 Å². The maximum absolute atomic E-state index is 13.0. The third-order valence-corrected chi connectivity index (χ3v) is 3.24. The van der Waals surface area contributed by atoms with E-state index in [-0.39, 0.29) is 10.9 Å². The highest BCUT2D eigenvalue weighted by Gasteiger charge is 2.52. The Balaban J connectivity index is 2.37. The predicted molar refractivity (Wildman–Crippen MR) is 59.3 cm³/mol. The van der Waals surface area contributed by atoms with Crippen LogP contribution in [-0.2, 0) is 10.2 Å². The van der Waals surface area contributed by atoms with Crippen LogP contribution in [0.15, 0.2) is 18.2 Å². The molecule has 0 aromatic heterocycles. The van der Waals surface area contributed by atoms with Gasteiger partial charge >= 0.3 is 0 Å². The normalized spacial score (nSPS) is 17.0. The second-order valence-corrected chi connectivity index (χ2v) is 4.53. The molecule has 0 radical (unpaired) electrons. The summed E-state index contributed by atoms with van der Waals surface area (Å²) in [6.07, 6.45) is 1.46. The van der Waals surface area contributed by atoms with Gasteiger partial charge in [0.15, 0.2) is 0 Å². The lowest BCUT2D eigenvalue weighted by atomic mass is 9.95. The van der Waals surface area contributed by atoms with Crippen molar-refractivity contribution in [2.75, 3.05) is 7.05 Å². The molecule has 0 spiro atoms. The highest BCUT2D eigenvalue weighted by atomic mass is 35.5. The van der Waals surface area contributed by atoms with Gasteiger partial charge in [0.2, 0.25) is 5.91 Å². The molecule has 1 aliphatic rings. The molecule has 86 valence electrons. The minimum absolute atomic E-state index is 0.0382. The van der Waals surface area contributed by atoms with Gasteiger partial charge in [-0.15, -0.1) is 0 Å². The zero-order chi connectivity index (χ0) is 11.9. The number of likely N-dealkylation sites (N-methyl/N-ethyl adjacent to an activating group) is 1. The number of rotatable bonds is 2. The molecule has 0 heterocycles. The third-order valence-electron chi connectivity index (χ3n) is 2.95. The van der Waals surface area contributed by atoms with Crippen molar-refractivity contribution in [1.29, 1.82) is 0 Å². The van der Waals surface area contributed by atoms with Crippen LogP contribution in [0.3, 0.4) is 0 Å². The number of halogens is 2. The van der Waals surface area contributed by atoms with Gasteiger partial charge in [-0.05, 0) is 30.5 Å². The van der Waals surface area contributed by atoms with Crippen LogP contribution in [0.1, 0.15) is 18.4 Å². The van der Waals surface area contributed by atoms with Crippen LogP contribution in [0.4, 0.5) is 4.39 Å². The van der Waals surface area contributed by atoms with E-state index >= 15 is 0 Å². The number of hydrogen-bond donors (Lipinski definition) is 1. The van der Waals surface area contributed by atoms with Gasteiger partial charge in [0, 0.05) is 7.05 Å². The first-order valence-electron chi connectivity index (χ1n) is 4.96. The molecule has 3 nitrogen and oxygen atoms in total. The van der Waals surface area contributed by atoms with Gasteiger partial charge in [0.1, 0.15) is 5.82 Å². The fourth-order valence-electron chi connectivity index (χ4n) is 1.88. The first kappa shape index (κ1) is 11.4. The van der Waals surface area contributed by atoms with E-state index in [0.29, 0.717) is 0 Å². The molecule has 1 aromatic rings. The predicted octanol–water partition coefficient (Wildman–Crippen LogP) is 1.84. The van der Waals surface area contributed by atoms with Crippen LogP contribution in [-0.4, -0.2) is 18.0 Å². The SMILES string of the molecule is CN(N)C(=O)C1(c2ccc(F)c(Cl)c2)CC1. The van der Waals surface area contributed by atoms with Crippen molar-refractivity contribution in [3.63, 3.8) is 0 Å². The summed E-state index contributed by atoms with van der Waals surface area (Å²) in [4.78, 5) is 11.9. The van der Waals surface area contributed by atoms with Crippen LogP contribution in [0.2, 0.25) is 5.02 Å². The van der Waals surface area contributed by atoms with E-state index < -0.39 is 11.2 Å². The average molecular weight is 243 g/mol. The quantitative estimate of drug-likeness (QED) is 0.489. The number of hydrogen-bond acceptors (Lipinski definition) is 2. The molecule has 0 aliphatic heterocycles. The molecule has 16 heavy (non-hydrogen) atoms. The molecule has 2 N–H and O–H groups in total. The maximum atomic E-state index is 13.0. The van der Waals surface area contributed by atoms with Crippen molar-refractivity contribution in [3.05, 3.63) is 34.6 Å². The Morgan fingerprint density at radius 3 is 2.62 bits per heavy atom. The fraction of sp³-hybridized carbons (Fsp3) is 0.364. The Bertz CT molecular complexity index is 444. The topological polar surface area (TPSA) is 46.3 Å². The smallest absolute Gasteiger partial charge is 0.246 e. The van der Waals surface area contributed by atoms with E-state index in [1.807, 2.05) is 0 Å². The zero-order valence-electron chi connectivity index (χ0n) is 8.84. The van der Waals surface area contributed by atoms with Crippen molar-refractivity contribution in [2.45, 2.75) is 18.3 Å². The van der Waals surface area contributed by atoms with Crippen LogP contribution in [0.5, 0.6) is 0 Å². The van der Waals surface area contributed by atoms with E-state index in [4.69, 9.17) is 17.4 Å². The lowest BCUT2D eigenvalue weighted by Gasteiger charge is -2.19. The highest BCUT2D eigenvalue weighted by Crippen LogP contribution is 2.49. The first-order chi connectivity index (χ1) is 7.47. The second-order valence-electron chi connectivity index (χ2n) is 4.13. The van der Waals surface area contributed by atoms with Crippen LogP contribution in [0, 0.1) is 5.82 Å². The van der Waals surface area contributed by atoms with Crippen molar-refractivity contribution < 1.29 is 9.18 Å². The Morgan fingerprint density at radius 1 is 1.56 bits per heavy atom. The number of carbonyl (C=O) groups is 1. The summed E-state index contributed by atoms with van der Waals surface area (Å²) >= 11 is 5.70. The summed E-state index contributed by atoms with van der Waals surface area (Å²) in [6.45, 7) is 0. The highest BCUT2D eigenvalue weighted by molar-refractivity contribution is 6.30. The maximum Gasteiger partial charge on any atom is 0.246 e. The largest absolute Gasteiger partial charge is 0.283 e. The molecule has 2 rings (SSSR count). The molecule has 0 saturated heterocycles. The van der Waals surface area contributed by atoms with Gasteiger partial charge in [-0.1, -0.05) is 17.7 Å². The van der Waals surface area contributed by atoms with Crippen LogP contribution in [0.25, 0.3) is 0 Å². The van der Waals surface area contributed by atoms with Crippen molar-refractivity contribution in [3.8, 4) is 0 Å². The van der Waals surface area contributed by atoms with Gasteiger partial charge in [0.05, 0.1) is 10.4 Å². The first-order valence-corrected chi connectivity index (χ1v) is 5.33. The number of benzene rings is 1. The van der Waals surface area contributed by atoms with Crippen LogP contribution < -0.4 is 5.84 Å². The molecular formula is C11H12ClFN2O. The number of carbonyl (C=O) groups excluding carboxylic acids is 1. The van der Waals surface area contributed by atoms with Gasteiger partial charge < -0.3 is 0 Å². The monoisotopic (exact) mass is 242 g/mol. The number of nitrogens with zero attached hydrogens (tertiary/aromatic N) is 1. The van der Waals surface area contributed by atoms with E-state index in [0.717, 1.165) is 23.4 Å². The number of nitrogens with two attached hydrogens (primary N) is 1. The van der Waals surface area contributed by atoms with E-state index in [1.54, 1.807) is 6.07 Å². The molecular weight excluding hydrogens is 231 g/mol. The van der Waals surface area contributed by atoms with Crippen LogP contribution >= 0.6 is 11.6 Å². The summed E-state index contributed by atoms with van der Waals surface area (Å²) in [5, 5.41) is 1.11. The lowest BCUT2D eigenvalue weighted by Crippen LogP contribution is -2.41. The Kier molecular flexibility index (Phi) is 2.64. The zero-order valence-corrected chi connectivity index (χ0v) is 9.59. The summed E-state index contributed by atoms with van der Waals surface area (Å²) in [5.74, 6) is 4.81. The molecule has 1 saturated carbocycles. The molecule has 1 aromatic carbocycles. The molecule has 0 atom stereocenters. The van der Waals surface area contributed by atoms with Crippen molar-refractivity contribution in [1.82, 2.24) is 5.01 Å². The molecule has 5 heteroatoms. The van der Waals surface area contributed by atoms with Gasteiger partial charge in [-0.3, -0.25) is 9.80 Å². The minimum atomic E-state index is -0.582. The standard InChI is InChI=1S/C11H12ClFN2O/c1-15(14)10(16)11(4-5-11)7-2-3-9(13)8(12)6-7/h2-3,6H,4-5,14H2,1H3. The third kappa shape index (κ3) is 1.68. The van der Waals surface area contributed by atoms with Gasteiger partial charge in [0.25, 0.3) is 0 Å². The van der Waals surface area contributed by atoms with Crippen molar-refractivity contribution in [2.24, 2.45) is 5.84 Å². The molecule has 0 unspecified atom stereocenters. The fourth-order valence-corrected chi connectivity index (χ4v) is 2.06. The number of hydrazine groups is 1. The second kappa shape index (κ2) is 3.71. The Hall–Kier alpha value is -1.13. The molecule has 1 amide bonds. The van der Waals surface area contributed by atoms with E-state index in [1.165, 1.54) is 19.2 Å². The summed E-state index contributed by atoms with van der Waals surface area (Å²) < 4.78 is 13.0. The molecule has 1 aliphatic carbocycles. The lowest BCUT2D eigenvalue weighted by molar-refractivity contribution is -0.132. The average Bonchev–Trinajstić information content (AvgIpc) is 3.02. The van der Waals surface area contributed by atoms with Gasteiger partial charge in [-0.25, -0.2) is 10.2 Å². The van der Waals surface area contributed by atoms with E-state index in [2.05, 4.69) is 0 Å². The molecule has 0 bridgehead atoms. The van der Waals surface area contributed by atoms with E-state index in [9.17, 15) is 9.18 Å². The Morgan fingerprint density at radius 2 is 2.19 bits per heavy atom. The Labute approximate surface area is 98.0 Å². The molecule has 1 fully saturated rings. The summed E-state index contributed by atoms with van der Waals surface area (Å²) in [6, 6.07) is 4.38. The number of amides is 1. The minimum Gasteiger partial charge on any atom is -0.283 e. The summed E-state index contributed by atoms with van der Waals surface area (Å²) in [7, 11) is 1.51. The summed E-state index contributed by atoms with van der Waals surface area (Å²) in [5.41, 5.74) is 0.155.